The molecule has 0 unspecified atom stereocenters. The molecule has 0 bridgehead atoms. The van der Waals surface area contributed by atoms with Crippen LogP contribution in [-0.4, -0.2) is 58.3 Å². The molecule has 1 aliphatic rings. The Bertz CT molecular complexity index is 1220. The first-order valence-corrected chi connectivity index (χ1v) is 12.2. The van der Waals surface area contributed by atoms with Crippen molar-refractivity contribution in [1.29, 1.82) is 0 Å². The van der Waals surface area contributed by atoms with Gasteiger partial charge in [0.25, 0.3) is 5.91 Å². The zero-order chi connectivity index (χ0) is 25.4. The minimum atomic E-state index is -4.46. The Morgan fingerprint density at radius 3 is 2.54 bits per heavy atom. The highest BCUT2D eigenvalue weighted by atomic mass is 32.1. The number of rotatable bonds is 4. The SMILES string of the molecule is CC(C)(C)OC(=O)N1CCC(c2cc3cc(-c4csc(C(=O)NCC(F)(F)F)c4)cnc3[nH]2)CC1. The van der Waals surface area contributed by atoms with Crippen LogP contribution in [0.5, 0.6) is 0 Å². The van der Waals surface area contributed by atoms with Crippen LogP contribution in [0.4, 0.5) is 18.0 Å². The second-order valence-corrected chi connectivity index (χ2v) is 10.5. The number of hydrogen-bond acceptors (Lipinski definition) is 5. The normalized spacial score (nSPS) is 15.4. The molecule has 0 spiro atoms. The second kappa shape index (κ2) is 9.52. The third-order valence-electron chi connectivity index (χ3n) is 5.68. The molecule has 0 saturated carbocycles. The highest BCUT2D eigenvalue weighted by Gasteiger charge is 2.29. The van der Waals surface area contributed by atoms with E-state index in [9.17, 15) is 22.8 Å². The molecule has 35 heavy (non-hydrogen) atoms. The van der Waals surface area contributed by atoms with Gasteiger partial charge < -0.3 is 19.9 Å². The van der Waals surface area contributed by atoms with Gasteiger partial charge >= 0.3 is 12.3 Å². The maximum absolute atomic E-state index is 12.4. The van der Waals surface area contributed by atoms with E-state index in [0.29, 0.717) is 13.1 Å². The lowest BCUT2D eigenvalue weighted by molar-refractivity contribution is -0.123. The summed E-state index contributed by atoms with van der Waals surface area (Å²) in [6.07, 6.45) is -1.46. The van der Waals surface area contributed by atoms with Crippen molar-refractivity contribution in [3.8, 4) is 11.1 Å². The van der Waals surface area contributed by atoms with Crippen LogP contribution in [0.2, 0.25) is 0 Å². The number of pyridine rings is 1. The number of fused-ring (bicyclic) bond motifs is 1. The van der Waals surface area contributed by atoms with Crippen molar-refractivity contribution in [3.05, 3.63) is 40.3 Å². The Hall–Kier alpha value is -3.08. The Labute approximate surface area is 204 Å². The number of carbonyl (C=O) groups excluding carboxylic acids is 2. The van der Waals surface area contributed by atoms with E-state index in [-0.39, 0.29) is 16.9 Å². The molecule has 2 N–H and O–H groups in total. The lowest BCUT2D eigenvalue weighted by Gasteiger charge is -2.33. The Morgan fingerprint density at radius 1 is 1.17 bits per heavy atom. The van der Waals surface area contributed by atoms with Crippen LogP contribution >= 0.6 is 11.3 Å². The molecule has 0 atom stereocenters. The Balaban J connectivity index is 1.42. The Morgan fingerprint density at radius 2 is 1.89 bits per heavy atom. The summed E-state index contributed by atoms with van der Waals surface area (Å²) in [5.41, 5.74) is 2.75. The predicted molar refractivity (Wildman–Crippen MR) is 128 cm³/mol. The maximum atomic E-state index is 12.4. The van der Waals surface area contributed by atoms with Crippen LogP contribution in [0.25, 0.3) is 22.2 Å². The zero-order valence-corrected chi connectivity index (χ0v) is 20.5. The van der Waals surface area contributed by atoms with E-state index in [0.717, 1.165) is 52.0 Å². The van der Waals surface area contributed by atoms with Crippen LogP contribution in [0, 0.1) is 0 Å². The van der Waals surface area contributed by atoms with Gasteiger partial charge in [0, 0.05) is 41.8 Å². The molecule has 0 aromatic carbocycles. The number of aromatic nitrogens is 2. The van der Waals surface area contributed by atoms with E-state index in [1.54, 1.807) is 22.5 Å². The number of likely N-dealkylation sites (tertiary alicyclic amines) is 1. The minimum absolute atomic E-state index is 0.204. The Kier molecular flexibility index (Phi) is 6.81. The number of nitrogens with zero attached hydrogens (tertiary/aromatic N) is 2. The topological polar surface area (TPSA) is 87.3 Å². The highest BCUT2D eigenvalue weighted by molar-refractivity contribution is 7.12. The molecule has 11 heteroatoms. The molecule has 0 aliphatic carbocycles. The van der Waals surface area contributed by atoms with Crippen molar-refractivity contribution < 1.29 is 27.5 Å². The number of halogens is 3. The number of H-pyrrole nitrogens is 1. The van der Waals surface area contributed by atoms with Crippen molar-refractivity contribution >= 4 is 34.4 Å². The summed E-state index contributed by atoms with van der Waals surface area (Å²) in [4.78, 5) is 34.1. The van der Waals surface area contributed by atoms with E-state index in [1.807, 2.05) is 38.2 Å². The first-order chi connectivity index (χ1) is 16.4. The highest BCUT2D eigenvalue weighted by Crippen LogP contribution is 2.32. The molecule has 1 saturated heterocycles. The fourth-order valence-corrected chi connectivity index (χ4v) is 4.82. The smallest absolute Gasteiger partial charge is 0.410 e. The molecule has 3 aromatic heterocycles. The number of thiophene rings is 1. The van der Waals surface area contributed by atoms with Gasteiger partial charge in [0.05, 0.1) is 4.88 Å². The monoisotopic (exact) mass is 508 g/mol. The third-order valence-corrected chi connectivity index (χ3v) is 6.61. The van der Waals surface area contributed by atoms with Gasteiger partial charge in [0.1, 0.15) is 17.8 Å². The number of alkyl halides is 3. The van der Waals surface area contributed by atoms with Gasteiger partial charge in [-0.3, -0.25) is 4.79 Å². The molecule has 0 radical (unpaired) electrons. The largest absolute Gasteiger partial charge is 0.444 e. The van der Waals surface area contributed by atoms with Gasteiger partial charge in [-0.25, -0.2) is 9.78 Å². The summed E-state index contributed by atoms with van der Waals surface area (Å²) in [5.74, 6) is -0.495. The molecule has 188 valence electrons. The van der Waals surface area contributed by atoms with Gasteiger partial charge in [0.15, 0.2) is 0 Å². The van der Waals surface area contributed by atoms with Gasteiger partial charge in [0.2, 0.25) is 0 Å². The summed E-state index contributed by atoms with van der Waals surface area (Å²) >= 11 is 1.08. The first kappa shape index (κ1) is 25.0. The van der Waals surface area contributed by atoms with Crippen molar-refractivity contribution in [3.63, 3.8) is 0 Å². The molecule has 4 heterocycles. The number of hydrogen-bond donors (Lipinski definition) is 2. The van der Waals surface area contributed by atoms with Gasteiger partial charge in [-0.1, -0.05) is 0 Å². The van der Waals surface area contributed by atoms with E-state index < -0.39 is 24.2 Å². The summed E-state index contributed by atoms with van der Waals surface area (Å²) in [6, 6.07) is 5.56. The molecular formula is C24H27F3N4O3S. The van der Waals surface area contributed by atoms with Crippen molar-refractivity contribution in [2.24, 2.45) is 0 Å². The fraction of sp³-hybridized carbons (Fsp3) is 0.458. The minimum Gasteiger partial charge on any atom is -0.444 e. The summed E-state index contributed by atoms with van der Waals surface area (Å²) in [5, 5.41) is 4.52. The second-order valence-electron chi connectivity index (χ2n) is 9.63. The van der Waals surface area contributed by atoms with Crippen LogP contribution < -0.4 is 5.32 Å². The average Bonchev–Trinajstić information content (AvgIpc) is 3.43. The number of nitrogens with one attached hydrogen (secondary N) is 2. The predicted octanol–water partition coefficient (Wildman–Crippen LogP) is 5.70. The fourth-order valence-electron chi connectivity index (χ4n) is 3.99. The van der Waals surface area contributed by atoms with E-state index in [4.69, 9.17) is 4.74 Å². The summed E-state index contributed by atoms with van der Waals surface area (Å²) in [6.45, 7) is 5.41. The van der Waals surface area contributed by atoms with Crippen LogP contribution in [0.15, 0.2) is 29.8 Å². The molecule has 1 fully saturated rings. The van der Waals surface area contributed by atoms with Crippen LogP contribution in [-0.2, 0) is 4.74 Å². The van der Waals surface area contributed by atoms with Crippen molar-refractivity contribution in [2.45, 2.75) is 51.3 Å². The maximum Gasteiger partial charge on any atom is 0.410 e. The molecule has 7 nitrogen and oxygen atoms in total. The van der Waals surface area contributed by atoms with Gasteiger partial charge in [-0.05, 0) is 62.8 Å². The molecule has 4 rings (SSSR count). The van der Waals surface area contributed by atoms with E-state index in [2.05, 4.69) is 9.97 Å². The number of aromatic amines is 1. The van der Waals surface area contributed by atoms with Crippen molar-refractivity contribution in [2.75, 3.05) is 19.6 Å². The lowest BCUT2D eigenvalue weighted by Crippen LogP contribution is -2.41. The molecule has 2 amide bonds. The summed E-state index contributed by atoms with van der Waals surface area (Å²) < 4.78 is 42.5. The first-order valence-electron chi connectivity index (χ1n) is 11.3. The van der Waals surface area contributed by atoms with E-state index in [1.165, 1.54) is 0 Å². The summed E-state index contributed by atoms with van der Waals surface area (Å²) in [7, 11) is 0. The van der Waals surface area contributed by atoms with Crippen LogP contribution in [0.3, 0.4) is 0 Å². The number of piperidine rings is 1. The van der Waals surface area contributed by atoms with Crippen molar-refractivity contribution in [1.82, 2.24) is 20.2 Å². The number of amides is 2. The van der Waals surface area contributed by atoms with E-state index >= 15 is 0 Å². The van der Waals surface area contributed by atoms with Gasteiger partial charge in [-0.15, -0.1) is 11.3 Å². The molecule has 1 aliphatic heterocycles. The average molecular weight is 509 g/mol. The van der Waals surface area contributed by atoms with Crippen LogP contribution in [0.1, 0.15) is 54.9 Å². The van der Waals surface area contributed by atoms with Gasteiger partial charge in [-0.2, -0.15) is 13.2 Å². The third kappa shape index (κ3) is 6.33. The molecule has 3 aromatic rings. The quantitative estimate of drug-likeness (QED) is 0.474. The standard InChI is InChI=1S/C24H27F3N4O3S/c1-23(2,3)34-22(33)31-6-4-14(5-7-31)18-9-15-8-16(11-28-20(15)30-18)17-10-19(35-12-17)21(32)29-13-24(25,26)27/h8-12,14H,4-7,13H2,1-3H3,(H,28,30)(H,29,32). The zero-order valence-electron chi connectivity index (χ0n) is 19.7. The number of carbonyl (C=O) groups is 2. The number of ether oxygens (including phenoxy) is 1. The lowest BCUT2D eigenvalue weighted by atomic mass is 9.94. The molecular weight excluding hydrogens is 481 g/mol.